The van der Waals surface area contributed by atoms with Crippen molar-refractivity contribution < 1.29 is 14.6 Å². The average molecular weight is 357 g/mol. The van der Waals surface area contributed by atoms with E-state index < -0.39 is 0 Å². The minimum absolute atomic E-state index is 0.0511. The van der Waals surface area contributed by atoms with E-state index in [4.69, 9.17) is 9.47 Å². The van der Waals surface area contributed by atoms with Gasteiger partial charge in [-0.15, -0.1) is 0 Å². The van der Waals surface area contributed by atoms with Crippen LogP contribution in [0, 0.1) is 34.0 Å². The van der Waals surface area contributed by atoms with Gasteiger partial charge in [0.2, 0.25) is 0 Å². The zero-order valence-corrected chi connectivity index (χ0v) is 15.8. The lowest BCUT2D eigenvalue weighted by atomic mass is 9.32. The Balaban J connectivity index is 1.45. The molecule has 4 aliphatic heterocycles. The van der Waals surface area contributed by atoms with Gasteiger partial charge in [-0.3, -0.25) is 0 Å². The first-order chi connectivity index (χ1) is 12.5. The second kappa shape index (κ2) is 4.42. The molecular weight excluding hydrogens is 326 g/mol. The largest absolute Gasteiger partial charge is 0.388 e. The van der Waals surface area contributed by atoms with Crippen molar-refractivity contribution in [1.82, 2.24) is 4.90 Å². The lowest BCUT2D eigenvalue weighted by Gasteiger charge is -2.80. The van der Waals surface area contributed by atoms with E-state index >= 15 is 0 Å². The van der Waals surface area contributed by atoms with Crippen molar-refractivity contribution in [2.75, 3.05) is 13.2 Å². The maximum atomic E-state index is 11.4. The highest BCUT2D eigenvalue weighted by atomic mass is 16.6. The summed E-state index contributed by atoms with van der Waals surface area (Å²) in [6.45, 7) is 8.71. The van der Waals surface area contributed by atoms with Crippen molar-refractivity contribution in [3.8, 4) is 0 Å². The molecule has 26 heavy (non-hydrogen) atoms. The van der Waals surface area contributed by atoms with E-state index in [-0.39, 0.29) is 40.9 Å². The Morgan fingerprint density at radius 1 is 1.12 bits per heavy atom. The summed E-state index contributed by atoms with van der Waals surface area (Å²) in [6.07, 6.45) is 8.94. The van der Waals surface area contributed by atoms with Gasteiger partial charge in [-0.2, -0.15) is 0 Å². The molecule has 2 spiro atoms. The van der Waals surface area contributed by atoms with E-state index in [1.54, 1.807) is 0 Å². The van der Waals surface area contributed by atoms with Crippen LogP contribution in [-0.2, 0) is 9.47 Å². The van der Waals surface area contributed by atoms with E-state index in [1.807, 2.05) is 0 Å². The van der Waals surface area contributed by atoms with Crippen LogP contribution in [0.5, 0.6) is 0 Å². The van der Waals surface area contributed by atoms with Crippen LogP contribution in [0.1, 0.15) is 51.9 Å². The first kappa shape index (κ1) is 15.5. The van der Waals surface area contributed by atoms with Gasteiger partial charge < -0.3 is 14.6 Å². The lowest BCUT2D eigenvalue weighted by Crippen LogP contribution is -2.83. The highest BCUT2D eigenvalue weighted by Crippen LogP contribution is 2.79. The van der Waals surface area contributed by atoms with Crippen LogP contribution in [0.25, 0.3) is 0 Å². The van der Waals surface area contributed by atoms with Crippen molar-refractivity contribution in [2.24, 2.45) is 34.0 Å². The topological polar surface area (TPSA) is 41.9 Å². The van der Waals surface area contributed by atoms with Gasteiger partial charge in [0.05, 0.1) is 18.8 Å². The molecule has 142 valence electrons. The minimum Gasteiger partial charge on any atom is -0.388 e. The second-order valence-electron chi connectivity index (χ2n) is 10.8. The highest BCUT2D eigenvalue weighted by molar-refractivity contribution is 5.32. The normalized spacial score (nSPS) is 65.2. The summed E-state index contributed by atoms with van der Waals surface area (Å²) in [5.74, 6) is 1.84. The van der Waals surface area contributed by atoms with Crippen molar-refractivity contribution in [3.63, 3.8) is 0 Å². The van der Waals surface area contributed by atoms with Gasteiger partial charge in [-0.1, -0.05) is 19.9 Å². The van der Waals surface area contributed by atoms with Crippen molar-refractivity contribution >= 4 is 0 Å². The Bertz CT molecular complexity index is 710. The molecule has 9 aliphatic rings. The fourth-order valence-electron chi connectivity index (χ4n) is 9.72. The molecule has 1 N–H and O–H groups in total. The zero-order valence-electron chi connectivity index (χ0n) is 15.8. The number of rotatable bonds is 0. The summed E-state index contributed by atoms with van der Waals surface area (Å²) in [5, 5.41) is 11.4. The van der Waals surface area contributed by atoms with Crippen LogP contribution in [0.2, 0.25) is 0 Å². The quantitative estimate of drug-likeness (QED) is 0.677. The molecule has 9 rings (SSSR count). The Kier molecular flexibility index (Phi) is 2.64. The third-order valence-corrected chi connectivity index (χ3v) is 10.5. The molecule has 9 fully saturated rings. The summed E-state index contributed by atoms with van der Waals surface area (Å²) in [6, 6.07) is 0. The third kappa shape index (κ3) is 1.32. The average Bonchev–Trinajstić information content (AvgIpc) is 3.14. The molecule has 5 saturated carbocycles. The number of hydrogen-bond acceptors (Lipinski definition) is 4. The number of nitrogens with zero attached hydrogens (tertiary/aromatic N) is 1. The first-order valence-electron chi connectivity index (χ1n) is 10.9. The van der Waals surface area contributed by atoms with E-state index in [2.05, 4.69) is 18.4 Å². The first-order valence-corrected chi connectivity index (χ1v) is 10.9. The number of ether oxygens (including phenoxy) is 2. The number of aliphatic hydroxyl groups is 1. The zero-order chi connectivity index (χ0) is 17.5. The van der Waals surface area contributed by atoms with Crippen LogP contribution in [0.3, 0.4) is 0 Å². The molecule has 0 radical (unpaired) electrons. The molecular formula is C22H31NO3. The third-order valence-electron chi connectivity index (χ3n) is 10.5. The second-order valence-corrected chi connectivity index (χ2v) is 10.8. The predicted octanol–water partition coefficient (Wildman–Crippen LogP) is 2.91. The molecule has 4 nitrogen and oxygen atoms in total. The summed E-state index contributed by atoms with van der Waals surface area (Å²) in [4.78, 5) is 2.60. The van der Waals surface area contributed by atoms with E-state index in [0.717, 1.165) is 31.6 Å². The van der Waals surface area contributed by atoms with Gasteiger partial charge in [0.1, 0.15) is 12.5 Å². The molecule has 10 atom stereocenters. The van der Waals surface area contributed by atoms with Crippen molar-refractivity contribution in [2.45, 2.75) is 76.5 Å². The Morgan fingerprint density at radius 3 is 2.88 bits per heavy atom. The van der Waals surface area contributed by atoms with Gasteiger partial charge in [-0.25, -0.2) is 4.90 Å². The molecule has 2 unspecified atom stereocenters. The summed E-state index contributed by atoms with van der Waals surface area (Å²) >= 11 is 0. The van der Waals surface area contributed by atoms with E-state index in [9.17, 15) is 5.11 Å². The lowest BCUT2D eigenvalue weighted by molar-refractivity contribution is -0.422. The maximum Gasteiger partial charge on any atom is 0.119 e. The fourth-order valence-corrected chi connectivity index (χ4v) is 9.72. The summed E-state index contributed by atoms with van der Waals surface area (Å²) in [7, 11) is 0. The Morgan fingerprint density at radius 2 is 2.00 bits per heavy atom. The number of aliphatic hydroxyl groups excluding tert-OH is 1. The molecule has 4 heterocycles. The smallest absolute Gasteiger partial charge is 0.119 e. The van der Waals surface area contributed by atoms with Gasteiger partial charge in [0, 0.05) is 22.8 Å². The molecule has 0 amide bonds. The molecule has 4 heteroatoms. The minimum atomic E-state index is -0.345. The van der Waals surface area contributed by atoms with Gasteiger partial charge >= 0.3 is 0 Å². The van der Waals surface area contributed by atoms with Gasteiger partial charge in [0.15, 0.2) is 0 Å². The van der Waals surface area contributed by atoms with Crippen molar-refractivity contribution in [3.05, 3.63) is 12.2 Å². The number of hydrogen-bond donors (Lipinski definition) is 1. The molecule has 5 aliphatic carbocycles. The maximum absolute atomic E-state index is 11.4. The van der Waals surface area contributed by atoms with E-state index in [0.29, 0.717) is 17.8 Å². The molecule has 0 aromatic carbocycles. The Hall–Kier alpha value is -0.420. The van der Waals surface area contributed by atoms with Crippen LogP contribution >= 0.6 is 0 Å². The molecule has 0 aromatic rings. The Labute approximate surface area is 155 Å². The number of piperidine rings is 1. The van der Waals surface area contributed by atoms with Crippen LogP contribution in [-0.4, -0.2) is 47.8 Å². The fraction of sp³-hybridized carbons (Fsp3) is 0.909. The van der Waals surface area contributed by atoms with Crippen LogP contribution < -0.4 is 0 Å². The van der Waals surface area contributed by atoms with Crippen LogP contribution in [0.4, 0.5) is 0 Å². The van der Waals surface area contributed by atoms with E-state index in [1.165, 1.54) is 32.1 Å². The van der Waals surface area contributed by atoms with Gasteiger partial charge in [-0.05, 0) is 61.9 Å². The number of fused-ring (bicyclic) bond motifs is 4. The molecule has 7 bridgehead atoms. The molecule has 4 saturated heterocycles. The van der Waals surface area contributed by atoms with Crippen LogP contribution in [0.15, 0.2) is 12.2 Å². The molecule has 0 aromatic heterocycles. The van der Waals surface area contributed by atoms with Gasteiger partial charge in [0.25, 0.3) is 0 Å². The standard InChI is InChI=1S/C22H31NO3/c1-12-13-4-7-22(17(12)24)15(10-13)21-6-3-5-20(2)14(21)11-16(22)26-19(21)23-8-9-25-18(20)23/h13-19,24H,1,3-11H2,2H3/t13-,14+,15-,16+,17?,18-,19+,20+,21?,22+/m0/s1. The SMILES string of the molecule is C=C1C(O)[C@]23CC[C@H]1C[C@H]2C12CCC[C@@]4(C)[C@@H]5OCCN5[C@@H]1O[C@@H]3C[C@@H]24. The monoisotopic (exact) mass is 357 g/mol. The summed E-state index contributed by atoms with van der Waals surface area (Å²) in [5.41, 5.74) is 1.55. The van der Waals surface area contributed by atoms with Crippen molar-refractivity contribution in [1.29, 1.82) is 0 Å². The highest BCUT2D eigenvalue weighted by Gasteiger charge is 2.80. The summed E-state index contributed by atoms with van der Waals surface area (Å²) < 4.78 is 13.2. The predicted molar refractivity (Wildman–Crippen MR) is 96.0 cm³/mol.